The molecule has 1 saturated heterocycles. The maximum absolute atomic E-state index is 13.8. The Kier molecular flexibility index (Phi) is 12.5. The van der Waals surface area contributed by atoms with Crippen molar-refractivity contribution in [1.82, 2.24) is 15.1 Å². The van der Waals surface area contributed by atoms with Crippen molar-refractivity contribution in [3.8, 4) is 0 Å². The van der Waals surface area contributed by atoms with E-state index in [2.05, 4.69) is 5.32 Å². The Morgan fingerprint density at radius 2 is 1.76 bits per heavy atom. The van der Waals surface area contributed by atoms with Crippen LogP contribution in [0.5, 0.6) is 0 Å². The van der Waals surface area contributed by atoms with Crippen LogP contribution in [-0.4, -0.2) is 59.3 Å². The largest absolute Gasteiger partial charge is 0.416 e. The molecule has 1 fully saturated rings. The second-order valence-electron chi connectivity index (χ2n) is 8.96. The molecule has 2 aromatic carbocycles. The molecule has 1 atom stereocenters. The third-order valence-electron chi connectivity index (χ3n) is 5.77. The number of carbonyl (C=O) groups is 2. The van der Waals surface area contributed by atoms with Gasteiger partial charge in [0, 0.05) is 53.4 Å². The van der Waals surface area contributed by atoms with Gasteiger partial charge in [-0.05, 0) is 67.4 Å². The zero-order chi connectivity index (χ0) is 28.5. The summed E-state index contributed by atoms with van der Waals surface area (Å²) in [5.74, 6) is -0.328. The average Bonchev–Trinajstić information content (AvgIpc) is 2.88. The molecule has 0 bridgehead atoms. The van der Waals surface area contributed by atoms with Gasteiger partial charge in [-0.3, -0.25) is 18.7 Å². The second-order valence-corrected chi connectivity index (χ2v) is 11.5. The Hall–Kier alpha value is -2.14. The van der Waals surface area contributed by atoms with Gasteiger partial charge in [-0.15, -0.1) is 0 Å². The highest BCUT2D eigenvalue weighted by atomic mass is 35.5. The van der Waals surface area contributed by atoms with Crippen LogP contribution in [0, 0.1) is 0 Å². The molecule has 2 amide bonds. The van der Waals surface area contributed by atoms with Crippen LogP contribution in [0.15, 0.2) is 35.2 Å². The number of alkyl halides is 3. The van der Waals surface area contributed by atoms with Gasteiger partial charge in [-0.2, -0.15) is 13.2 Å². The predicted octanol–water partition coefficient (Wildman–Crippen LogP) is 5.76. The zero-order valence-corrected chi connectivity index (χ0v) is 23.9. The maximum Gasteiger partial charge on any atom is 0.416 e. The quantitative estimate of drug-likeness (QED) is 0.395. The topological polar surface area (TPSA) is 69.7 Å². The molecule has 1 aliphatic heterocycles. The van der Waals surface area contributed by atoms with Gasteiger partial charge in [0.2, 0.25) is 6.41 Å². The maximum atomic E-state index is 13.8. The molecule has 6 nitrogen and oxygen atoms in total. The molecule has 0 radical (unpaired) electrons. The molecule has 0 aliphatic carbocycles. The minimum absolute atomic E-state index is 0.0157. The third kappa shape index (κ3) is 9.55. The number of nitrogens with zero attached hydrogens (tertiary/aromatic N) is 2. The van der Waals surface area contributed by atoms with E-state index < -0.39 is 28.4 Å². The fourth-order valence-corrected chi connectivity index (χ4v) is 5.29. The molecule has 12 heteroatoms. The average molecular weight is 595 g/mol. The Morgan fingerprint density at radius 1 is 1.13 bits per heavy atom. The van der Waals surface area contributed by atoms with Crippen LogP contribution in [0.3, 0.4) is 0 Å². The van der Waals surface area contributed by atoms with Gasteiger partial charge in [0.15, 0.2) is 0 Å². The highest BCUT2D eigenvalue weighted by Gasteiger charge is 2.36. The fraction of sp³-hybridized carbons (Fsp3) is 0.462. The number of likely N-dealkylation sites (tertiary alicyclic amines) is 1. The van der Waals surface area contributed by atoms with Crippen molar-refractivity contribution in [2.75, 3.05) is 32.9 Å². The molecule has 210 valence electrons. The Bertz CT molecular complexity index is 1140. The minimum Gasteiger partial charge on any atom is -0.351 e. The monoisotopic (exact) mass is 593 g/mol. The fourth-order valence-electron chi connectivity index (χ4n) is 3.86. The van der Waals surface area contributed by atoms with Gasteiger partial charge in [-0.25, -0.2) is 0 Å². The highest BCUT2D eigenvalue weighted by Crippen LogP contribution is 2.37. The lowest BCUT2D eigenvalue weighted by Crippen LogP contribution is -2.30. The van der Waals surface area contributed by atoms with Crippen molar-refractivity contribution in [2.45, 2.75) is 50.3 Å². The van der Waals surface area contributed by atoms with E-state index in [1.165, 1.54) is 11.0 Å². The van der Waals surface area contributed by atoms with Crippen LogP contribution in [0.1, 0.15) is 53.2 Å². The first-order valence-corrected chi connectivity index (χ1v) is 14.1. The van der Waals surface area contributed by atoms with E-state index in [9.17, 15) is 27.0 Å². The van der Waals surface area contributed by atoms with Gasteiger partial charge in [0.1, 0.15) is 0 Å². The van der Waals surface area contributed by atoms with E-state index in [-0.39, 0.29) is 29.2 Å². The SMILES string of the molecule is CCS(=O)c1ccc(Cl)cc1CNC(=O)c1cc(Cl)c(CN2CCCCC2)c(C(F)(F)F)c1.CN(C)C=O. The number of hydrogen-bond donors (Lipinski definition) is 1. The first-order chi connectivity index (χ1) is 17.9. The normalized spacial score (nSPS) is 14.7. The van der Waals surface area contributed by atoms with Crippen molar-refractivity contribution in [1.29, 1.82) is 0 Å². The number of rotatable bonds is 8. The first-order valence-electron chi connectivity index (χ1n) is 12.1. The van der Waals surface area contributed by atoms with Crippen LogP contribution in [-0.2, 0) is 34.9 Å². The Balaban J connectivity index is 0.000000926. The molecule has 2 aromatic rings. The summed E-state index contributed by atoms with van der Waals surface area (Å²) in [5.41, 5.74) is -0.561. The van der Waals surface area contributed by atoms with Crippen LogP contribution in [0.4, 0.5) is 13.2 Å². The minimum atomic E-state index is -4.65. The predicted molar refractivity (Wildman–Crippen MR) is 145 cm³/mol. The van der Waals surface area contributed by atoms with Gasteiger partial charge in [0.05, 0.1) is 16.4 Å². The van der Waals surface area contributed by atoms with E-state index in [1.807, 2.05) is 4.90 Å². The number of amides is 2. The van der Waals surface area contributed by atoms with Gasteiger partial charge < -0.3 is 10.2 Å². The molecule has 0 aromatic heterocycles. The van der Waals surface area contributed by atoms with E-state index in [0.717, 1.165) is 44.8 Å². The summed E-state index contributed by atoms with van der Waals surface area (Å²) in [5, 5.41) is 2.92. The molecule has 3 rings (SSSR count). The number of benzene rings is 2. The number of hydrogen-bond acceptors (Lipinski definition) is 4. The molecule has 0 saturated carbocycles. The van der Waals surface area contributed by atoms with Crippen LogP contribution < -0.4 is 5.32 Å². The summed E-state index contributed by atoms with van der Waals surface area (Å²) in [4.78, 5) is 26.1. The third-order valence-corrected chi connectivity index (χ3v) is 7.76. The van der Waals surface area contributed by atoms with Gasteiger partial charge in [0.25, 0.3) is 5.91 Å². The lowest BCUT2D eigenvalue weighted by molar-refractivity contribution is -0.138. The lowest BCUT2D eigenvalue weighted by Gasteiger charge is -2.28. The molecule has 1 heterocycles. The standard InChI is InChI=1S/C23H25Cl2F3N2O2S.C3H7NO/c1-2-33(32)21-7-6-17(24)10-16(21)13-29-22(31)15-11-19(23(26,27)28)18(20(25)12-15)14-30-8-4-3-5-9-30;1-4(2)3-5/h6-7,10-12H,2-5,8-9,13-14H2,1H3,(H,29,31);3H,1-2H3. The molecule has 1 unspecified atom stereocenters. The smallest absolute Gasteiger partial charge is 0.351 e. The molecule has 38 heavy (non-hydrogen) atoms. The number of piperidine rings is 1. The van der Waals surface area contributed by atoms with Crippen molar-refractivity contribution in [2.24, 2.45) is 0 Å². The highest BCUT2D eigenvalue weighted by molar-refractivity contribution is 7.85. The van der Waals surface area contributed by atoms with Gasteiger partial charge >= 0.3 is 6.18 Å². The van der Waals surface area contributed by atoms with Crippen molar-refractivity contribution >= 4 is 46.3 Å². The van der Waals surface area contributed by atoms with E-state index >= 15 is 0 Å². The molecule has 1 aliphatic rings. The first kappa shape index (κ1) is 32.1. The second kappa shape index (κ2) is 14.9. The van der Waals surface area contributed by atoms with Crippen LogP contribution >= 0.6 is 23.2 Å². The molecular formula is C26H32Cl2F3N3O3S. The zero-order valence-electron chi connectivity index (χ0n) is 21.5. The van der Waals surface area contributed by atoms with E-state index in [0.29, 0.717) is 21.2 Å². The summed E-state index contributed by atoms with van der Waals surface area (Å²) >= 11 is 12.3. The summed E-state index contributed by atoms with van der Waals surface area (Å²) in [6, 6.07) is 6.93. The summed E-state index contributed by atoms with van der Waals surface area (Å²) in [6.45, 7) is 3.26. The van der Waals surface area contributed by atoms with Crippen LogP contribution in [0.2, 0.25) is 10.0 Å². The molecule has 0 spiro atoms. The van der Waals surface area contributed by atoms with E-state index in [4.69, 9.17) is 23.2 Å². The molecule has 1 N–H and O–H groups in total. The van der Waals surface area contributed by atoms with Crippen molar-refractivity contribution in [3.63, 3.8) is 0 Å². The van der Waals surface area contributed by atoms with Crippen molar-refractivity contribution < 1.29 is 27.0 Å². The lowest BCUT2D eigenvalue weighted by atomic mass is 10.0. The summed E-state index contributed by atoms with van der Waals surface area (Å²) in [6.07, 6.45) is -0.958. The number of carbonyl (C=O) groups excluding carboxylic acids is 2. The van der Waals surface area contributed by atoms with Crippen molar-refractivity contribution in [3.05, 3.63) is 62.6 Å². The van der Waals surface area contributed by atoms with E-state index in [1.54, 1.807) is 39.2 Å². The van der Waals surface area contributed by atoms with Gasteiger partial charge in [-0.1, -0.05) is 36.5 Å². The summed E-state index contributed by atoms with van der Waals surface area (Å²) in [7, 11) is 2.09. The Labute approximate surface area is 233 Å². The number of halogens is 5. The summed E-state index contributed by atoms with van der Waals surface area (Å²) < 4.78 is 53.8. The number of nitrogens with one attached hydrogen (secondary N) is 1. The Morgan fingerprint density at radius 3 is 2.32 bits per heavy atom. The van der Waals surface area contributed by atoms with Crippen LogP contribution in [0.25, 0.3) is 0 Å². The molecular weight excluding hydrogens is 562 g/mol.